The maximum atomic E-state index is 9.01. The van der Waals surface area contributed by atoms with Crippen molar-refractivity contribution < 1.29 is 23.5 Å². The summed E-state index contributed by atoms with van der Waals surface area (Å²) in [5, 5.41) is 9.01. The summed E-state index contributed by atoms with van der Waals surface area (Å²) in [5.41, 5.74) is 3.53. The first kappa shape index (κ1) is 22.6. The van der Waals surface area contributed by atoms with E-state index in [9.17, 15) is 0 Å². The molecule has 2 fully saturated rings. The SMILES string of the molecule is N#Cc1ccc(Oc2ccc(B3OCC(c4ccccc4)O3)c(COC3CCCCO3)c2)cc1. The Morgan fingerprint density at radius 3 is 2.56 bits per heavy atom. The first-order valence-corrected chi connectivity index (χ1v) is 11.6. The van der Waals surface area contributed by atoms with Crippen molar-refractivity contribution in [3.63, 3.8) is 0 Å². The lowest BCUT2D eigenvalue weighted by Gasteiger charge is -2.23. The molecule has 2 saturated heterocycles. The summed E-state index contributed by atoms with van der Waals surface area (Å²) in [6, 6.07) is 25.1. The molecule has 0 N–H and O–H groups in total. The Morgan fingerprint density at radius 1 is 0.971 bits per heavy atom. The van der Waals surface area contributed by atoms with Crippen LogP contribution >= 0.6 is 0 Å². The first-order chi connectivity index (χ1) is 16.8. The van der Waals surface area contributed by atoms with Crippen molar-refractivity contribution in [2.24, 2.45) is 0 Å². The molecule has 0 aromatic heterocycles. The lowest BCUT2D eigenvalue weighted by atomic mass is 9.76. The average molecular weight is 455 g/mol. The Hall–Kier alpha value is -3.15. The Balaban J connectivity index is 1.35. The minimum Gasteiger partial charge on any atom is -0.457 e. The van der Waals surface area contributed by atoms with Gasteiger partial charge in [0.2, 0.25) is 0 Å². The second-order valence-corrected chi connectivity index (χ2v) is 8.41. The molecule has 3 aromatic carbocycles. The van der Waals surface area contributed by atoms with E-state index in [2.05, 4.69) is 18.2 Å². The lowest BCUT2D eigenvalue weighted by molar-refractivity contribution is -0.168. The average Bonchev–Trinajstić information content (AvgIpc) is 3.39. The summed E-state index contributed by atoms with van der Waals surface area (Å²) in [5.74, 6) is 1.33. The standard InChI is InChI=1S/C27H26BNO5/c29-17-20-9-11-23(12-10-20)33-24-13-14-25(22(16-24)18-31-27-8-4-5-15-30-27)28-32-19-26(34-28)21-6-2-1-3-7-21/h1-3,6-7,9-14,16,26-27H,4-5,8,15,18-19H2. The van der Waals surface area contributed by atoms with Crippen molar-refractivity contribution in [1.82, 2.24) is 0 Å². The highest BCUT2D eigenvalue weighted by molar-refractivity contribution is 6.62. The predicted molar refractivity (Wildman–Crippen MR) is 128 cm³/mol. The summed E-state index contributed by atoms with van der Waals surface area (Å²) in [6.45, 7) is 1.58. The lowest BCUT2D eigenvalue weighted by Crippen LogP contribution is -2.35. The minimum absolute atomic E-state index is 0.115. The van der Waals surface area contributed by atoms with Gasteiger partial charge in [-0.1, -0.05) is 36.4 Å². The van der Waals surface area contributed by atoms with Gasteiger partial charge >= 0.3 is 7.12 Å². The van der Waals surface area contributed by atoms with Crippen LogP contribution in [0.25, 0.3) is 0 Å². The monoisotopic (exact) mass is 455 g/mol. The second-order valence-electron chi connectivity index (χ2n) is 8.41. The molecule has 0 aliphatic carbocycles. The van der Waals surface area contributed by atoms with Crippen molar-refractivity contribution >= 4 is 12.6 Å². The van der Waals surface area contributed by atoms with Crippen LogP contribution in [0.1, 0.15) is 42.1 Å². The van der Waals surface area contributed by atoms with Crippen molar-refractivity contribution in [3.05, 3.63) is 89.5 Å². The summed E-state index contributed by atoms with van der Waals surface area (Å²) in [6.07, 6.45) is 2.75. The van der Waals surface area contributed by atoms with E-state index >= 15 is 0 Å². The number of hydrogen-bond donors (Lipinski definition) is 0. The quantitative estimate of drug-likeness (QED) is 0.473. The van der Waals surface area contributed by atoms with Crippen LogP contribution in [0.4, 0.5) is 0 Å². The van der Waals surface area contributed by atoms with E-state index in [0.29, 0.717) is 30.3 Å². The third-order valence-corrected chi connectivity index (χ3v) is 6.01. The molecule has 5 rings (SSSR count). The van der Waals surface area contributed by atoms with Crippen LogP contribution in [0.3, 0.4) is 0 Å². The highest BCUT2D eigenvalue weighted by Crippen LogP contribution is 2.27. The van der Waals surface area contributed by atoms with Crippen molar-refractivity contribution in [3.8, 4) is 17.6 Å². The number of rotatable bonds is 7. The topological polar surface area (TPSA) is 69.9 Å². The fourth-order valence-corrected chi connectivity index (χ4v) is 4.17. The van der Waals surface area contributed by atoms with Gasteiger partial charge in [0.1, 0.15) is 11.5 Å². The molecule has 6 nitrogen and oxygen atoms in total. The van der Waals surface area contributed by atoms with Crippen molar-refractivity contribution in [1.29, 1.82) is 5.26 Å². The van der Waals surface area contributed by atoms with Crippen molar-refractivity contribution in [2.45, 2.75) is 38.3 Å². The van der Waals surface area contributed by atoms with Crippen LogP contribution in [0.5, 0.6) is 11.5 Å². The van der Waals surface area contributed by atoms with Crippen molar-refractivity contribution in [2.75, 3.05) is 13.2 Å². The molecule has 3 aromatic rings. The Kier molecular flexibility index (Phi) is 7.23. The third kappa shape index (κ3) is 5.49. The minimum atomic E-state index is -0.486. The molecule has 172 valence electrons. The van der Waals surface area contributed by atoms with E-state index in [0.717, 1.165) is 42.5 Å². The Morgan fingerprint density at radius 2 is 1.79 bits per heavy atom. The van der Waals surface area contributed by atoms with Gasteiger partial charge in [0.15, 0.2) is 6.29 Å². The molecule has 2 aliphatic rings. The van der Waals surface area contributed by atoms with Gasteiger partial charge in [0.05, 0.1) is 31.0 Å². The van der Waals surface area contributed by atoms with Crippen LogP contribution < -0.4 is 10.2 Å². The molecular formula is C27H26BNO5. The van der Waals surface area contributed by atoms with Gasteiger partial charge in [0, 0.05) is 6.61 Å². The fraction of sp³-hybridized carbons (Fsp3) is 0.296. The second kappa shape index (κ2) is 10.9. The van der Waals surface area contributed by atoms with Gasteiger partial charge in [-0.05, 0) is 72.3 Å². The van der Waals surface area contributed by atoms with E-state index in [1.807, 2.05) is 36.4 Å². The van der Waals surface area contributed by atoms with Crippen LogP contribution in [-0.4, -0.2) is 26.6 Å². The molecule has 2 unspecified atom stereocenters. The molecule has 2 aliphatic heterocycles. The normalized spacial score (nSPS) is 20.1. The molecule has 0 bridgehead atoms. The van der Waals surface area contributed by atoms with Crippen LogP contribution in [-0.2, 0) is 25.4 Å². The third-order valence-electron chi connectivity index (χ3n) is 6.01. The molecule has 0 amide bonds. The van der Waals surface area contributed by atoms with Crippen LogP contribution in [0, 0.1) is 11.3 Å². The number of nitriles is 1. The van der Waals surface area contributed by atoms with E-state index in [4.69, 9.17) is 28.8 Å². The highest BCUT2D eigenvalue weighted by atomic mass is 16.7. The zero-order valence-corrected chi connectivity index (χ0v) is 18.9. The molecule has 0 radical (unpaired) electrons. The Labute approximate surface area is 200 Å². The molecule has 34 heavy (non-hydrogen) atoms. The summed E-state index contributed by atoms with van der Waals surface area (Å²) < 4.78 is 30.2. The number of hydrogen-bond acceptors (Lipinski definition) is 6. The maximum absolute atomic E-state index is 9.01. The van der Waals surface area contributed by atoms with Gasteiger partial charge in [-0.2, -0.15) is 5.26 Å². The molecule has 0 spiro atoms. The summed E-state index contributed by atoms with van der Waals surface area (Å²) in [4.78, 5) is 0. The molecular weight excluding hydrogens is 429 g/mol. The highest BCUT2D eigenvalue weighted by Gasteiger charge is 2.35. The van der Waals surface area contributed by atoms with Crippen LogP contribution in [0.15, 0.2) is 72.8 Å². The van der Waals surface area contributed by atoms with Gasteiger partial charge in [0.25, 0.3) is 0 Å². The van der Waals surface area contributed by atoms with E-state index in [-0.39, 0.29) is 12.4 Å². The van der Waals surface area contributed by atoms with E-state index in [1.165, 1.54) is 0 Å². The fourth-order valence-electron chi connectivity index (χ4n) is 4.17. The number of ether oxygens (including phenoxy) is 3. The molecule has 0 saturated carbocycles. The van der Waals surface area contributed by atoms with Crippen LogP contribution in [0.2, 0.25) is 0 Å². The number of benzene rings is 3. The maximum Gasteiger partial charge on any atom is 0.494 e. The molecule has 2 atom stereocenters. The molecule has 2 heterocycles. The zero-order chi connectivity index (χ0) is 23.2. The summed E-state index contributed by atoms with van der Waals surface area (Å²) in [7, 11) is -0.486. The van der Waals surface area contributed by atoms with Gasteiger partial charge in [-0.15, -0.1) is 0 Å². The van der Waals surface area contributed by atoms with E-state index in [1.54, 1.807) is 24.3 Å². The van der Waals surface area contributed by atoms with E-state index < -0.39 is 7.12 Å². The predicted octanol–water partition coefficient (Wildman–Crippen LogP) is 4.88. The smallest absolute Gasteiger partial charge is 0.457 e. The largest absolute Gasteiger partial charge is 0.494 e. The van der Waals surface area contributed by atoms with Gasteiger partial charge in [-0.3, -0.25) is 0 Å². The zero-order valence-electron chi connectivity index (χ0n) is 18.9. The Bertz CT molecular complexity index is 1130. The molecule has 7 heteroatoms. The number of nitrogens with zero attached hydrogens (tertiary/aromatic N) is 1. The summed E-state index contributed by atoms with van der Waals surface area (Å²) >= 11 is 0. The first-order valence-electron chi connectivity index (χ1n) is 11.6. The van der Waals surface area contributed by atoms with Gasteiger partial charge < -0.3 is 23.5 Å². The van der Waals surface area contributed by atoms with Gasteiger partial charge in [-0.25, -0.2) is 0 Å².